The van der Waals surface area contributed by atoms with E-state index >= 15 is 0 Å². The van der Waals surface area contributed by atoms with E-state index in [0.717, 1.165) is 11.5 Å². The molecule has 0 aliphatic heterocycles. The standard InChI is InChI=1S/C10H18.C8H10N2.C2H6/c1-9(2)10-7-5-3-4-6-8-10;1-6-2-4-7(5-3-6)8(9)10;1-2/h10H,1,3-8H2,2H3;2-5H,1H3,(H3,9,10);1-2H3. The molecule has 22 heavy (non-hydrogen) atoms. The summed E-state index contributed by atoms with van der Waals surface area (Å²) in [6.07, 6.45) is 8.55. The predicted molar refractivity (Wildman–Crippen MR) is 99.5 cm³/mol. The quantitative estimate of drug-likeness (QED) is 0.307. The van der Waals surface area contributed by atoms with E-state index in [0.29, 0.717) is 0 Å². The highest BCUT2D eigenvalue weighted by molar-refractivity contribution is 5.94. The van der Waals surface area contributed by atoms with E-state index in [-0.39, 0.29) is 5.84 Å². The summed E-state index contributed by atoms with van der Waals surface area (Å²) in [5.74, 6) is 0.975. The molecule has 1 aliphatic carbocycles. The smallest absolute Gasteiger partial charge is 0.122 e. The third kappa shape index (κ3) is 8.66. The van der Waals surface area contributed by atoms with Gasteiger partial charge < -0.3 is 5.73 Å². The lowest BCUT2D eigenvalue weighted by Crippen LogP contribution is -2.10. The number of nitrogens with one attached hydrogen (secondary N) is 1. The fourth-order valence-electron chi connectivity index (χ4n) is 2.51. The van der Waals surface area contributed by atoms with E-state index in [1.807, 2.05) is 45.0 Å². The van der Waals surface area contributed by atoms with Gasteiger partial charge in [0.15, 0.2) is 0 Å². The molecule has 2 rings (SSSR count). The first-order chi connectivity index (χ1) is 10.5. The van der Waals surface area contributed by atoms with Crippen molar-refractivity contribution in [2.45, 2.75) is 66.2 Å². The summed E-state index contributed by atoms with van der Waals surface area (Å²) in [4.78, 5) is 0. The highest BCUT2D eigenvalue weighted by Crippen LogP contribution is 2.27. The maximum Gasteiger partial charge on any atom is 0.122 e. The second-order valence-electron chi connectivity index (χ2n) is 5.81. The van der Waals surface area contributed by atoms with Crippen LogP contribution < -0.4 is 5.73 Å². The van der Waals surface area contributed by atoms with Crippen LogP contribution in [0.3, 0.4) is 0 Å². The van der Waals surface area contributed by atoms with Crippen molar-refractivity contribution in [1.82, 2.24) is 0 Å². The molecule has 0 spiro atoms. The molecule has 1 aromatic carbocycles. The van der Waals surface area contributed by atoms with Crippen molar-refractivity contribution in [3.8, 4) is 0 Å². The SMILES string of the molecule is C=C(C)C1CCCCCC1.CC.Cc1ccc(C(=N)N)cc1. The molecule has 0 atom stereocenters. The van der Waals surface area contributed by atoms with Gasteiger partial charge in [0.05, 0.1) is 0 Å². The Morgan fingerprint density at radius 3 is 1.86 bits per heavy atom. The van der Waals surface area contributed by atoms with Crippen LogP contribution in [0.25, 0.3) is 0 Å². The molecule has 3 N–H and O–H groups in total. The van der Waals surface area contributed by atoms with E-state index in [1.165, 1.54) is 49.7 Å². The number of amidine groups is 1. The molecule has 1 aliphatic rings. The van der Waals surface area contributed by atoms with Crippen LogP contribution in [0, 0.1) is 18.3 Å². The zero-order valence-electron chi connectivity index (χ0n) is 14.9. The lowest BCUT2D eigenvalue weighted by molar-refractivity contribution is 0.532. The van der Waals surface area contributed by atoms with E-state index in [1.54, 1.807) is 0 Å². The van der Waals surface area contributed by atoms with Crippen molar-refractivity contribution in [2.75, 3.05) is 0 Å². The van der Waals surface area contributed by atoms with Crippen LogP contribution in [0.1, 0.15) is 70.4 Å². The maximum atomic E-state index is 7.08. The Morgan fingerprint density at radius 1 is 1.05 bits per heavy atom. The molecule has 0 amide bonds. The molecule has 2 nitrogen and oxygen atoms in total. The second kappa shape index (κ2) is 12.0. The first-order valence-electron chi connectivity index (χ1n) is 8.57. The predicted octanol–water partition coefficient (Wildman–Crippen LogP) is 5.84. The molecule has 124 valence electrons. The summed E-state index contributed by atoms with van der Waals surface area (Å²) in [5, 5.41) is 7.08. The number of allylic oxidation sites excluding steroid dienone is 1. The van der Waals surface area contributed by atoms with Gasteiger partial charge in [-0.15, -0.1) is 0 Å². The van der Waals surface area contributed by atoms with Crippen molar-refractivity contribution in [3.63, 3.8) is 0 Å². The van der Waals surface area contributed by atoms with Gasteiger partial charge in [0.1, 0.15) is 5.84 Å². The first-order valence-corrected chi connectivity index (χ1v) is 8.57. The number of rotatable bonds is 2. The molecule has 0 radical (unpaired) electrons. The third-order valence-electron chi connectivity index (χ3n) is 3.91. The minimum absolute atomic E-state index is 0.125. The Balaban J connectivity index is 0.000000360. The van der Waals surface area contributed by atoms with Gasteiger partial charge in [-0.2, -0.15) is 0 Å². The summed E-state index contributed by atoms with van der Waals surface area (Å²) in [5.41, 5.74) is 8.62. The van der Waals surface area contributed by atoms with Crippen LogP contribution >= 0.6 is 0 Å². The summed E-state index contributed by atoms with van der Waals surface area (Å²) in [7, 11) is 0. The minimum atomic E-state index is 0.125. The number of aryl methyl sites for hydroxylation is 1. The average molecular weight is 303 g/mol. The molecular formula is C20H34N2. The first kappa shape index (κ1) is 20.4. The molecule has 2 heteroatoms. The van der Waals surface area contributed by atoms with E-state index in [2.05, 4.69) is 13.5 Å². The second-order valence-corrected chi connectivity index (χ2v) is 5.81. The molecule has 0 unspecified atom stereocenters. The zero-order chi connectivity index (χ0) is 17.0. The maximum absolute atomic E-state index is 7.08. The number of hydrogen-bond acceptors (Lipinski definition) is 1. The van der Waals surface area contributed by atoms with Gasteiger partial charge in [-0.3, -0.25) is 5.41 Å². The Kier molecular flexibility index (Phi) is 11.2. The third-order valence-corrected chi connectivity index (χ3v) is 3.91. The molecule has 1 fully saturated rings. The number of nitrogen functional groups attached to an aromatic ring is 1. The topological polar surface area (TPSA) is 49.9 Å². The van der Waals surface area contributed by atoms with Crippen LogP contribution in [0.4, 0.5) is 0 Å². The number of nitrogens with two attached hydrogens (primary N) is 1. The molecular weight excluding hydrogens is 268 g/mol. The van der Waals surface area contributed by atoms with Crippen LogP contribution in [0.15, 0.2) is 36.4 Å². The van der Waals surface area contributed by atoms with Gasteiger partial charge in [0.2, 0.25) is 0 Å². The molecule has 1 saturated carbocycles. The molecule has 1 aromatic rings. The van der Waals surface area contributed by atoms with Gasteiger partial charge in [-0.25, -0.2) is 0 Å². The lowest BCUT2D eigenvalue weighted by atomic mass is 9.94. The summed E-state index contributed by atoms with van der Waals surface area (Å²) >= 11 is 0. The Hall–Kier alpha value is -1.57. The van der Waals surface area contributed by atoms with Gasteiger partial charge in [-0.05, 0) is 32.6 Å². The Bertz CT molecular complexity index is 424. The highest BCUT2D eigenvalue weighted by Gasteiger charge is 2.11. The summed E-state index contributed by atoms with van der Waals surface area (Å²) in [6.45, 7) is 12.2. The summed E-state index contributed by atoms with van der Waals surface area (Å²) < 4.78 is 0. The highest BCUT2D eigenvalue weighted by atomic mass is 14.7. The van der Waals surface area contributed by atoms with Gasteiger partial charge in [0.25, 0.3) is 0 Å². The van der Waals surface area contributed by atoms with E-state index in [4.69, 9.17) is 11.1 Å². The largest absolute Gasteiger partial charge is 0.384 e. The number of hydrogen-bond donors (Lipinski definition) is 2. The minimum Gasteiger partial charge on any atom is -0.384 e. The van der Waals surface area contributed by atoms with Gasteiger partial charge in [0, 0.05) is 5.56 Å². The van der Waals surface area contributed by atoms with Crippen molar-refractivity contribution >= 4 is 5.84 Å². The fraction of sp³-hybridized carbons (Fsp3) is 0.550. The Morgan fingerprint density at radius 2 is 1.50 bits per heavy atom. The number of benzene rings is 1. The molecule has 0 aromatic heterocycles. The van der Waals surface area contributed by atoms with Crippen molar-refractivity contribution in [3.05, 3.63) is 47.5 Å². The molecule has 0 heterocycles. The van der Waals surface area contributed by atoms with E-state index in [9.17, 15) is 0 Å². The Labute approximate surface area is 137 Å². The lowest BCUT2D eigenvalue weighted by Gasteiger charge is -2.12. The fourth-order valence-corrected chi connectivity index (χ4v) is 2.51. The summed E-state index contributed by atoms with van der Waals surface area (Å²) in [6, 6.07) is 7.57. The van der Waals surface area contributed by atoms with Crippen molar-refractivity contribution in [2.24, 2.45) is 11.7 Å². The zero-order valence-corrected chi connectivity index (χ0v) is 14.9. The van der Waals surface area contributed by atoms with Crippen LogP contribution in [0.5, 0.6) is 0 Å². The van der Waals surface area contributed by atoms with Gasteiger partial charge >= 0.3 is 0 Å². The van der Waals surface area contributed by atoms with Gasteiger partial charge in [-0.1, -0.05) is 81.5 Å². The van der Waals surface area contributed by atoms with Crippen LogP contribution in [-0.4, -0.2) is 5.84 Å². The molecule has 0 saturated heterocycles. The van der Waals surface area contributed by atoms with Crippen LogP contribution in [0.2, 0.25) is 0 Å². The normalized spacial score (nSPS) is 14.5. The van der Waals surface area contributed by atoms with E-state index < -0.39 is 0 Å². The monoisotopic (exact) mass is 302 g/mol. The molecule has 0 bridgehead atoms. The average Bonchev–Trinajstić information content (AvgIpc) is 2.79. The van der Waals surface area contributed by atoms with Crippen molar-refractivity contribution in [1.29, 1.82) is 5.41 Å². The van der Waals surface area contributed by atoms with Crippen LogP contribution in [-0.2, 0) is 0 Å². The van der Waals surface area contributed by atoms with Crippen molar-refractivity contribution < 1.29 is 0 Å².